The average molecular weight is 337 g/mol. The molecule has 0 unspecified atom stereocenters. The van der Waals surface area contributed by atoms with Crippen molar-refractivity contribution in [2.75, 3.05) is 38.7 Å². The first-order chi connectivity index (χ1) is 11.8. The van der Waals surface area contributed by atoms with E-state index in [1.165, 1.54) is 0 Å². The molecule has 2 N–H and O–H groups in total. The van der Waals surface area contributed by atoms with Gasteiger partial charge in [-0.1, -0.05) is 6.07 Å². The third kappa shape index (κ3) is 5.19. The van der Waals surface area contributed by atoms with Crippen LogP contribution in [0.5, 0.6) is 0 Å². The summed E-state index contributed by atoms with van der Waals surface area (Å²) in [6.45, 7) is 2.21. The standard InChI is InChI=1S/C17H24FN3O3/c1-19-21-17(11-24-12-22)14-2-3-16(15(8-14)9-18)20-10-13-4-6-23-7-5-13/h2-3,8,12-13,19-20H,4-7,9-11H2,1H3/b21-17+. The van der Waals surface area contributed by atoms with E-state index in [1.54, 1.807) is 13.1 Å². The van der Waals surface area contributed by atoms with E-state index in [0.29, 0.717) is 23.7 Å². The first-order valence-electron chi connectivity index (χ1n) is 8.08. The molecule has 0 aromatic heterocycles. The molecule has 0 saturated carbocycles. The number of carbonyl (C=O) groups excluding carboxylic acids is 1. The maximum atomic E-state index is 13.4. The van der Waals surface area contributed by atoms with Crippen LogP contribution in [0, 0.1) is 5.92 Å². The van der Waals surface area contributed by atoms with Crippen LogP contribution in [0.4, 0.5) is 10.1 Å². The maximum absolute atomic E-state index is 13.4. The molecule has 1 heterocycles. The first-order valence-corrected chi connectivity index (χ1v) is 8.08. The van der Waals surface area contributed by atoms with Crippen molar-refractivity contribution in [2.45, 2.75) is 19.5 Å². The molecule has 1 aliphatic rings. The van der Waals surface area contributed by atoms with Gasteiger partial charge in [0.2, 0.25) is 0 Å². The fourth-order valence-electron chi connectivity index (χ4n) is 2.69. The van der Waals surface area contributed by atoms with E-state index in [2.05, 4.69) is 15.8 Å². The Kier molecular flexibility index (Phi) is 7.48. The largest absolute Gasteiger partial charge is 0.461 e. The number of hydrogen-bond acceptors (Lipinski definition) is 6. The number of halogens is 1. The Morgan fingerprint density at radius 3 is 2.92 bits per heavy atom. The summed E-state index contributed by atoms with van der Waals surface area (Å²) in [4.78, 5) is 10.4. The van der Waals surface area contributed by atoms with Crippen LogP contribution < -0.4 is 10.7 Å². The first kappa shape index (κ1) is 18.2. The second kappa shape index (κ2) is 9.87. The predicted molar refractivity (Wildman–Crippen MR) is 90.9 cm³/mol. The Labute approximate surface area is 141 Å². The van der Waals surface area contributed by atoms with Crippen molar-refractivity contribution in [3.63, 3.8) is 0 Å². The molecule has 132 valence electrons. The molecule has 6 nitrogen and oxygen atoms in total. The summed E-state index contributed by atoms with van der Waals surface area (Å²) in [6, 6.07) is 5.42. The van der Waals surface area contributed by atoms with E-state index < -0.39 is 6.67 Å². The molecule has 1 aromatic carbocycles. The predicted octanol–water partition coefficient (Wildman–Crippen LogP) is 2.09. The molecule has 0 bridgehead atoms. The third-order valence-electron chi connectivity index (χ3n) is 4.04. The van der Waals surface area contributed by atoms with Crippen molar-refractivity contribution >= 4 is 17.9 Å². The topological polar surface area (TPSA) is 72.0 Å². The molecule has 1 saturated heterocycles. The highest BCUT2D eigenvalue weighted by molar-refractivity contribution is 6.02. The number of anilines is 1. The van der Waals surface area contributed by atoms with Crippen LogP contribution in [0.25, 0.3) is 0 Å². The Balaban J connectivity index is 2.07. The van der Waals surface area contributed by atoms with Gasteiger partial charge in [0.05, 0.1) is 0 Å². The van der Waals surface area contributed by atoms with Gasteiger partial charge < -0.3 is 20.2 Å². The van der Waals surface area contributed by atoms with Gasteiger partial charge in [-0.3, -0.25) is 4.79 Å². The Morgan fingerprint density at radius 1 is 1.46 bits per heavy atom. The quantitative estimate of drug-likeness (QED) is 0.410. The molecule has 7 heteroatoms. The number of nitrogens with zero attached hydrogens (tertiary/aromatic N) is 1. The number of hydrogen-bond donors (Lipinski definition) is 2. The number of nitrogens with one attached hydrogen (secondary N) is 2. The Morgan fingerprint density at radius 2 is 2.25 bits per heavy atom. The Hall–Kier alpha value is -2.15. The highest BCUT2D eigenvalue weighted by Gasteiger charge is 2.15. The number of alkyl halides is 1. The van der Waals surface area contributed by atoms with Gasteiger partial charge in [0.15, 0.2) is 0 Å². The lowest BCUT2D eigenvalue weighted by Gasteiger charge is -2.23. The number of carbonyl (C=O) groups is 1. The van der Waals surface area contributed by atoms with E-state index in [1.807, 2.05) is 12.1 Å². The molecule has 1 aliphatic heterocycles. The number of rotatable bonds is 9. The molecular formula is C17H24FN3O3. The number of hydrazone groups is 1. The molecule has 0 spiro atoms. The lowest BCUT2D eigenvalue weighted by atomic mass is 9.99. The zero-order chi connectivity index (χ0) is 17.2. The SMILES string of the molecule is CN/N=C(\COC=O)c1ccc(NCC2CCOCC2)c(CF)c1. The minimum Gasteiger partial charge on any atom is -0.461 e. The van der Waals surface area contributed by atoms with Crippen LogP contribution in [0.15, 0.2) is 23.3 Å². The van der Waals surface area contributed by atoms with Gasteiger partial charge in [-0.15, -0.1) is 0 Å². The van der Waals surface area contributed by atoms with Crippen LogP contribution in [0.1, 0.15) is 24.0 Å². The fourth-order valence-corrected chi connectivity index (χ4v) is 2.69. The summed E-state index contributed by atoms with van der Waals surface area (Å²) in [6.07, 6.45) is 2.05. The lowest BCUT2D eigenvalue weighted by molar-refractivity contribution is -0.127. The normalized spacial score (nSPS) is 15.8. The monoisotopic (exact) mass is 337 g/mol. The van der Waals surface area contributed by atoms with E-state index in [0.717, 1.165) is 43.9 Å². The highest BCUT2D eigenvalue weighted by atomic mass is 19.1. The lowest BCUT2D eigenvalue weighted by Crippen LogP contribution is -2.23. The Bertz CT molecular complexity index is 560. The second-order valence-electron chi connectivity index (χ2n) is 5.63. The van der Waals surface area contributed by atoms with E-state index in [-0.39, 0.29) is 6.61 Å². The maximum Gasteiger partial charge on any atom is 0.293 e. The summed E-state index contributed by atoms with van der Waals surface area (Å²) in [7, 11) is 1.65. The number of benzene rings is 1. The molecule has 24 heavy (non-hydrogen) atoms. The molecular weight excluding hydrogens is 313 g/mol. The van der Waals surface area contributed by atoms with E-state index in [9.17, 15) is 9.18 Å². The van der Waals surface area contributed by atoms with Crippen LogP contribution in [0.3, 0.4) is 0 Å². The molecule has 0 aliphatic carbocycles. The number of ether oxygens (including phenoxy) is 2. The van der Waals surface area contributed by atoms with Crippen molar-refractivity contribution in [3.8, 4) is 0 Å². The zero-order valence-corrected chi connectivity index (χ0v) is 13.9. The van der Waals surface area contributed by atoms with Crippen LogP contribution in [0.2, 0.25) is 0 Å². The third-order valence-corrected chi connectivity index (χ3v) is 4.04. The zero-order valence-electron chi connectivity index (χ0n) is 13.9. The molecule has 2 rings (SSSR count). The summed E-state index contributed by atoms with van der Waals surface area (Å²) in [5.74, 6) is 0.549. The summed E-state index contributed by atoms with van der Waals surface area (Å²) in [5, 5.41) is 7.42. The average Bonchev–Trinajstić information content (AvgIpc) is 2.64. The van der Waals surface area contributed by atoms with Crippen molar-refractivity contribution in [1.29, 1.82) is 0 Å². The van der Waals surface area contributed by atoms with Gasteiger partial charge >= 0.3 is 0 Å². The molecule has 0 amide bonds. The van der Waals surface area contributed by atoms with Crippen molar-refractivity contribution in [3.05, 3.63) is 29.3 Å². The van der Waals surface area contributed by atoms with Crippen molar-refractivity contribution in [1.82, 2.24) is 5.43 Å². The minimum absolute atomic E-state index is 0.0327. The molecule has 0 atom stereocenters. The van der Waals surface area contributed by atoms with E-state index >= 15 is 0 Å². The van der Waals surface area contributed by atoms with Crippen molar-refractivity contribution < 1.29 is 18.7 Å². The minimum atomic E-state index is -0.578. The highest BCUT2D eigenvalue weighted by Crippen LogP contribution is 2.22. The van der Waals surface area contributed by atoms with E-state index in [4.69, 9.17) is 9.47 Å². The van der Waals surface area contributed by atoms with Crippen LogP contribution in [-0.2, 0) is 20.9 Å². The van der Waals surface area contributed by atoms with Gasteiger partial charge in [0, 0.05) is 43.6 Å². The van der Waals surface area contributed by atoms with Gasteiger partial charge in [-0.2, -0.15) is 5.10 Å². The van der Waals surface area contributed by atoms with Gasteiger partial charge in [0.1, 0.15) is 19.0 Å². The smallest absolute Gasteiger partial charge is 0.293 e. The van der Waals surface area contributed by atoms with Gasteiger partial charge in [0.25, 0.3) is 6.47 Å². The van der Waals surface area contributed by atoms with Crippen LogP contribution in [-0.4, -0.2) is 45.6 Å². The van der Waals surface area contributed by atoms with Gasteiger partial charge in [-0.05, 0) is 30.9 Å². The molecule has 1 aromatic rings. The summed E-state index contributed by atoms with van der Waals surface area (Å²) >= 11 is 0. The fraction of sp³-hybridized carbons (Fsp3) is 0.529. The van der Waals surface area contributed by atoms with Crippen LogP contribution >= 0.6 is 0 Å². The second-order valence-corrected chi connectivity index (χ2v) is 5.63. The van der Waals surface area contributed by atoms with Gasteiger partial charge in [-0.25, -0.2) is 4.39 Å². The molecule has 0 radical (unpaired) electrons. The van der Waals surface area contributed by atoms with Crippen molar-refractivity contribution in [2.24, 2.45) is 11.0 Å². The summed E-state index contributed by atoms with van der Waals surface area (Å²) in [5.41, 5.74) is 5.27. The summed E-state index contributed by atoms with van der Waals surface area (Å²) < 4.78 is 23.5. The molecule has 1 fully saturated rings.